The van der Waals surface area contributed by atoms with Crippen molar-refractivity contribution in [3.8, 4) is 0 Å². The summed E-state index contributed by atoms with van der Waals surface area (Å²) in [5.41, 5.74) is -0.285. The molecule has 0 aromatic carbocycles. The molecule has 0 aromatic rings. The Balaban J connectivity index is 4.68. The van der Waals surface area contributed by atoms with Crippen molar-refractivity contribution < 1.29 is 14.7 Å². The molecule has 0 aromatic heterocycles. The first kappa shape index (κ1) is 17.7. The Hall–Kier alpha value is -1.26. The maximum Gasteiger partial charge on any atom is 0.317 e. The second-order valence-electron chi connectivity index (χ2n) is 7.38. The van der Waals surface area contributed by atoms with Crippen LogP contribution in [0.5, 0.6) is 0 Å². The van der Waals surface area contributed by atoms with Crippen LogP contribution in [-0.4, -0.2) is 41.6 Å². The number of carbonyl (C=O) groups excluding carboxylic acids is 1. The highest BCUT2D eigenvalue weighted by molar-refractivity contribution is 5.75. The number of amides is 2. The quantitative estimate of drug-likeness (QED) is 0.826. The molecule has 0 bridgehead atoms. The third-order valence-corrected chi connectivity index (χ3v) is 2.78. The zero-order valence-corrected chi connectivity index (χ0v) is 13.2. The Morgan fingerprint density at radius 3 is 1.95 bits per heavy atom. The monoisotopic (exact) mass is 272 g/mol. The highest BCUT2D eigenvalue weighted by Crippen LogP contribution is 2.22. The number of hydrogen-bond donors (Lipinski definition) is 2. The van der Waals surface area contributed by atoms with E-state index in [0.29, 0.717) is 6.54 Å². The first-order valence-corrected chi connectivity index (χ1v) is 6.56. The molecule has 0 saturated heterocycles. The number of carbonyl (C=O) groups is 2. The molecule has 2 N–H and O–H groups in total. The molecule has 0 saturated carbocycles. The van der Waals surface area contributed by atoms with Crippen molar-refractivity contribution >= 4 is 12.0 Å². The summed E-state index contributed by atoms with van der Waals surface area (Å²) < 4.78 is 0. The van der Waals surface area contributed by atoms with Crippen molar-refractivity contribution in [2.75, 3.05) is 13.6 Å². The van der Waals surface area contributed by atoms with Gasteiger partial charge in [0.1, 0.15) is 0 Å². The molecule has 5 nitrogen and oxygen atoms in total. The second-order valence-corrected chi connectivity index (χ2v) is 7.38. The van der Waals surface area contributed by atoms with Gasteiger partial charge >= 0.3 is 12.0 Å². The van der Waals surface area contributed by atoms with Crippen LogP contribution in [0.25, 0.3) is 0 Å². The molecule has 1 unspecified atom stereocenters. The van der Waals surface area contributed by atoms with Gasteiger partial charge in [0.2, 0.25) is 0 Å². The van der Waals surface area contributed by atoms with E-state index in [2.05, 4.69) is 26.1 Å². The maximum absolute atomic E-state index is 12.1. The number of urea groups is 1. The van der Waals surface area contributed by atoms with Crippen molar-refractivity contribution in [3.63, 3.8) is 0 Å². The summed E-state index contributed by atoms with van der Waals surface area (Å²) in [6.07, 6.45) is -0.0708. The van der Waals surface area contributed by atoms with Crippen LogP contribution >= 0.6 is 0 Å². The van der Waals surface area contributed by atoms with Gasteiger partial charge in [0.25, 0.3) is 0 Å². The lowest BCUT2D eigenvalue weighted by Gasteiger charge is -2.33. The van der Waals surface area contributed by atoms with Crippen LogP contribution in [0, 0.1) is 10.8 Å². The summed E-state index contributed by atoms with van der Waals surface area (Å²) >= 11 is 0. The van der Waals surface area contributed by atoms with E-state index in [4.69, 9.17) is 5.11 Å². The Labute approximate surface area is 116 Å². The van der Waals surface area contributed by atoms with E-state index in [1.54, 1.807) is 11.9 Å². The third-order valence-electron chi connectivity index (χ3n) is 2.78. The molecule has 0 fully saturated rings. The van der Waals surface area contributed by atoms with Crippen molar-refractivity contribution in [1.82, 2.24) is 10.2 Å². The molecule has 0 aliphatic heterocycles. The standard InChI is InChI=1S/C14H28N2O3/c1-13(2,3)9-16(7)12(19)15-10(8-11(17)18)14(4,5)6/h10H,8-9H2,1-7H3,(H,15,19)(H,17,18). The number of aliphatic carboxylic acids is 1. The second kappa shape index (κ2) is 6.26. The summed E-state index contributed by atoms with van der Waals surface area (Å²) in [6, 6.07) is -0.615. The molecular weight excluding hydrogens is 244 g/mol. The van der Waals surface area contributed by atoms with Crippen molar-refractivity contribution in [2.24, 2.45) is 10.8 Å². The summed E-state index contributed by atoms with van der Waals surface area (Å²) in [7, 11) is 1.72. The number of hydrogen-bond acceptors (Lipinski definition) is 2. The fourth-order valence-corrected chi connectivity index (χ4v) is 1.79. The average molecular weight is 272 g/mol. The van der Waals surface area contributed by atoms with Crippen LogP contribution in [0.4, 0.5) is 4.79 Å². The van der Waals surface area contributed by atoms with Gasteiger partial charge in [0.15, 0.2) is 0 Å². The molecular formula is C14H28N2O3. The van der Waals surface area contributed by atoms with Gasteiger partial charge in [-0.3, -0.25) is 4.79 Å². The summed E-state index contributed by atoms with van der Waals surface area (Å²) in [5.74, 6) is -0.904. The Morgan fingerprint density at radius 2 is 1.63 bits per heavy atom. The summed E-state index contributed by atoms with van der Waals surface area (Å²) in [4.78, 5) is 24.6. The Morgan fingerprint density at radius 1 is 1.16 bits per heavy atom. The molecule has 0 spiro atoms. The van der Waals surface area contributed by atoms with E-state index >= 15 is 0 Å². The first-order valence-electron chi connectivity index (χ1n) is 6.56. The zero-order valence-electron chi connectivity index (χ0n) is 13.2. The lowest BCUT2D eigenvalue weighted by atomic mass is 9.85. The minimum absolute atomic E-state index is 0.0100. The van der Waals surface area contributed by atoms with E-state index in [1.807, 2.05) is 20.8 Å². The molecule has 112 valence electrons. The highest BCUT2D eigenvalue weighted by Gasteiger charge is 2.29. The molecule has 19 heavy (non-hydrogen) atoms. The Kier molecular flexibility index (Phi) is 5.84. The molecule has 0 heterocycles. The van der Waals surface area contributed by atoms with E-state index in [9.17, 15) is 9.59 Å². The van der Waals surface area contributed by atoms with Crippen LogP contribution in [-0.2, 0) is 4.79 Å². The van der Waals surface area contributed by atoms with Gasteiger partial charge in [-0.25, -0.2) is 4.79 Å². The van der Waals surface area contributed by atoms with E-state index in [1.165, 1.54) is 0 Å². The van der Waals surface area contributed by atoms with E-state index in [0.717, 1.165) is 0 Å². The SMILES string of the molecule is CN(CC(C)(C)C)C(=O)NC(CC(=O)O)C(C)(C)C. The van der Waals surface area contributed by atoms with Crippen molar-refractivity contribution in [3.05, 3.63) is 0 Å². The molecule has 0 radical (unpaired) electrons. The lowest BCUT2D eigenvalue weighted by molar-refractivity contribution is -0.138. The van der Waals surface area contributed by atoms with Crippen LogP contribution in [0.15, 0.2) is 0 Å². The topological polar surface area (TPSA) is 69.6 Å². The van der Waals surface area contributed by atoms with Crippen LogP contribution in [0.2, 0.25) is 0 Å². The zero-order chi connectivity index (χ0) is 15.4. The fraction of sp³-hybridized carbons (Fsp3) is 0.857. The minimum atomic E-state index is -0.904. The summed E-state index contributed by atoms with van der Waals surface area (Å²) in [5, 5.41) is 11.7. The number of carboxylic acid groups (broad SMARTS) is 1. The smallest absolute Gasteiger partial charge is 0.317 e. The molecule has 2 amide bonds. The van der Waals surface area contributed by atoms with Gasteiger partial charge in [-0.2, -0.15) is 0 Å². The van der Waals surface area contributed by atoms with Crippen LogP contribution in [0.1, 0.15) is 48.0 Å². The molecule has 0 aliphatic rings. The number of nitrogens with zero attached hydrogens (tertiary/aromatic N) is 1. The van der Waals surface area contributed by atoms with Crippen molar-refractivity contribution in [1.29, 1.82) is 0 Å². The lowest BCUT2D eigenvalue weighted by Crippen LogP contribution is -2.50. The Bertz CT molecular complexity index is 327. The normalized spacial score (nSPS) is 13.8. The molecule has 5 heteroatoms. The van der Waals surface area contributed by atoms with Gasteiger partial charge in [-0.1, -0.05) is 41.5 Å². The van der Waals surface area contributed by atoms with Gasteiger partial charge in [0.05, 0.1) is 6.42 Å². The molecule has 1 atom stereocenters. The predicted octanol–water partition coefficient (Wildman–Crippen LogP) is 2.56. The third kappa shape index (κ3) is 7.70. The highest BCUT2D eigenvalue weighted by atomic mass is 16.4. The van der Waals surface area contributed by atoms with Gasteiger partial charge in [-0.15, -0.1) is 0 Å². The van der Waals surface area contributed by atoms with Gasteiger partial charge < -0.3 is 15.3 Å². The fourth-order valence-electron chi connectivity index (χ4n) is 1.79. The maximum atomic E-state index is 12.1. The largest absolute Gasteiger partial charge is 0.481 e. The molecule has 0 rings (SSSR count). The summed E-state index contributed by atoms with van der Waals surface area (Å²) in [6.45, 7) is 12.5. The van der Waals surface area contributed by atoms with Crippen molar-refractivity contribution in [2.45, 2.75) is 54.0 Å². The molecule has 0 aliphatic carbocycles. The average Bonchev–Trinajstić information content (AvgIpc) is 2.11. The predicted molar refractivity (Wildman–Crippen MR) is 76.1 cm³/mol. The number of carboxylic acids is 1. The number of nitrogens with one attached hydrogen (secondary N) is 1. The van der Waals surface area contributed by atoms with Gasteiger partial charge in [0, 0.05) is 19.6 Å². The first-order chi connectivity index (χ1) is 8.33. The van der Waals surface area contributed by atoms with Crippen LogP contribution in [0.3, 0.4) is 0 Å². The number of rotatable bonds is 4. The van der Waals surface area contributed by atoms with E-state index < -0.39 is 5.97 Å². The van der Waals surface area contributed by atoms with Crippen LogP contribution < -0.4 is 5.32 Å². The minimum Gasteiger partial charge on any atom is -0.481 e. The van der Waals surface area contributed by atoms with Gasteiger partial charge in [-0.05, 0) is 10.8 Å². The van der Waals surface area contributed by atoms with E-state index in [-0.39, 0.29) is 29.3 Å².